The van der Waals surface area contributed by atoms with E-state index in [0.717, 1.165) is 66.3 Å². The third-order valence-corrected chi connectivity index (χ3v) is 9.57. The number of phenols is 2. The fourth-order valence-corrected chi connectivity index (χ4v) is 6.92. The molecule has 0 radical (unpaired) electrons. The van der Waals surface area contributed by atoms with Gasteiger partial charge in [0.1, 0.15) is 11.5 Å². The van der Waals surface area contributed by atoms with Gasteiger partial charge < -0.3 is 20.0 Å². The molecule has 2 unspecified atom stereocenters. The molecule has 48 heavy (non-hydrogen) atoms. The van der Waals surface area contributed by atoms with Crippen molar-refractivity contribution in [1.29, 1.82) is 0 Å². The Morgan fingerprint density at radius 2 is 0.688 bits per heavy atom. The summed E-state index contributed by atoms with van der Waals surface area (Å²) in [6.45, 7) is 0. The highest BCUT2D eigenvalue weighted by Gasteiger charge is 2.25. The molecule has 7 aromatic carbocycles. The number of fused-ring (bicyclic) bond motifs is 2. The molecule has 7 rings (SSSR count). The van der Waals surface area contributed by atoms with Crippen LogP contribution in [0.3, 0.4) is 0 Å². The molecule has 0 aliphatic heterocycles. The van der Waals surface area contributed by atoms with Crippen LogP contribution in [0, 0.1) is 0 Å². The van der Waals surface area contributed by atoms with Gasteiger partial charge in [0.15, 0.2) is 0 Å². The Bertz CT molecular complexity index is 2040. The van der Waals surface area contributed by atoms with E-state index in [1.807, 2.05) is 76.7 Å². The molecule has 4 heteroatoms. The Balaban J connectivity index is 1.37. The van der Waals surface area contributed by atoms with Gasteiger partial charge in [0.05, 0.1) is 0 Å². The van der Waals surface area contributed by atoms with Crippen molar-refractivity contribution in [3.8, 4) is 11.5 Å². The Morgan fingerprint density at radius 3 is 1.02 bits per heavy atom. The lowest BCUT2D eigenvalue weighted by Gasteiger charge is -2.24. The van der Waals surface area contributed by atoms with Crippen molar-refractivity contribution >= 4 is 32.9 Å². The maximum atomic E-state index is 11.7. The molecule has 2 atom stereocenters. The smallest absolute Gasteiger partial charge is 0.127 e. The zero-order valence-corrected chi connectivity index (χ0v) is 27.8. The molecule has 0 saturated carbocycles. The first-order valence-electron chi connectivity index (χ1n) is 16.4. The molecule has 0 fully saturated rings. The van der Waals surface area contributed by atoms with Crippen LogP contribution in [0.4, 0.5) is 11.4 Å². The van der Waals surface area contributed by atoms with Crippen LogP contribution in [-0.4, -0.2) is 38.4 Å². The van der Waals surface area contributed by atoms with Crippen molar-refractivity contribution in [2.75, 3.05) is 38.0 Å². The van der Waals surface area contributed by atoms with Crippen molar-refractivity contribution in [2.45, 2.75) is 11.8 Å². The van der Waals surface area contributed by atoms with Crippen LogP contribution in [0.15, 0.2) is 146 Å². The van der Waals surface area contributed by atoms with E-state index >= 15 is 0 Å². The third-order valence-electron chi connectivity index (χ3n) is 9.57. The van der Waals surface area contributed by atoms with Gasteiger partial charge in [-0.25, -0.2) is 0 Å². The summed E-state index contributed by atoms with van der Waals surface area (Å²) in [7, 11) is 8.16. The Kier molecular flexibility index (Phi) is 8.24. The van der Waals surface area contributed by atoms with E-state index in [9.17, 15) is 10.2 Å². The van der Waals surface area contributed by atoms with Crippen LogP contribution in [-0.2, 0) is 0 Å². The minimum absolute atomic E-state index is 0.188. The monoisotopic (exact) mass is 628 g/mol. The first-order valence-corrected chi connectivity index (χ1v) is 16.4. The van der Waals surface area contributed by atoms with Gasteiger partial charge in [-0.2, -0.15) is 0 Å². The van der Waals surface area contributed by atoms with Crippen LogP contribution in [0.2, 0.25) is 0 Å². The van der Waals surface area contributed by atoms with Crippen LogP contribution >= 0.6 is 0 Å². The summed E-state index contributed by atoms with van der Waals surface area (Å²) >= 11 is 0. The summed E-state index contributed by atoms with van der Waals surface area (Å²) in [6, 6.07) is 50.1. The second-order valence-electron chi connectivity index (χ2n) is 13.0. The first-order chi connectivity index (χ1) is 23.3. The zero-order chi connectivity index (χ0) is 33.4. The lowest BCUT2D eigenvalue weighted by Crippen LogP contribution is -2.10. The van der Waals surface area contributed by atoms with Crippen molar-refractivity contribution in [3.63, 3.8) is 0 Å². The molecule has 4 nitrogen and oxygen atoms in total. The van der Waals surface area contributed by atoms with Gasteiger partial charge in [-0.1, -0.05) is 121 Å². The SMILES string of the molecule is CN(C)c1ccc(C(c2ccc(C(c3ccc(N(C)C)cc3)c3ccc4ccccc4c3O)cc2)c2ccc3ccccc3c2O)cc1. The van der Waals surface area contributed by atoms with E-state index in [-0.39, 0.29) is 11.8 Å². The van der Waals surface area contributed by atoms with E-state index in [1.165, 1.54) is 0 Å². The maximum absolute atomic E-state index is 11.7. The van der Waals surface area contributed by atoms with Gasteiger partial charge in [0.25, 0.3) is 0 Å². The highest BCUT2D eigenvalue weighted by atomic mass is 16.3. The second-order valence-corrected chi connectivity index (χ2v) is 13.0. The highest BCUT2D eigenvalue weighted by molar-refractivity contribution is 5.91. The topological polar surface area (TPSA) is 46.9 Å². The number of benzene rings is 7. The number of aromatic hydroxyl groups is 2. The molecule has 0 aliphatic carbocycles. The average Bonchev–Trinajstić information content (AvgIpc) is 3.11. The Morgan fingerprint density at radius 1 is 0.375 bits per heavy atom. The van der Waals surface area contributed by atoms with Crippen LogP contribution in [0.1, 0.15) is 45.2 Å². The van der Waals surface area contributed by atoms with Crippen LogP contribution in [0.5, 0.6) is 11.5 Å². The summed E-state index contributed by atoms with van der Waals surface area (Å²) in [5.41, 5.74) is 8.31. The average molecular weight is 629 g/mol. The molecule has 0 aliphatic rings. The first kappa shape index (κ1) is 30.9. The summed E-state index contributed by atoms with van der Waals surface area (Å²) in [5.74, 6) is 0.233. The predicted octanol–water partition coefficient (Wildman–Crippen LogP) is 9.90. The molecule has 0 bridgehead atoms. The standard InChI is InChI=1S/C44H40N2O2/c1-45(2)35-23-17-33(18-24-35)41(39-27-21-29-9-5-7-11-37(29)43(39)47)31-13-15-32(16-14-31)42(34-19-25-36(26-20-34)46(3)4)40-28-22-30-10-6-8-12-38(30)44(40)48/h5-28,41-42,47-48H,1-4H3. The predicted molar refractivity (Wildman–Crippen MR) is 201 cm³/mol. The number of nitrogens with zero attached hydrogens (tertiary/aromatic N) is 2. The Labute approximate surface area is 282 Å². The van der Waals surface area contributed by atoms with Crippen molar-refractivity contribution < 1.29 is 10.2 Å². The van der Waals surface area contributed by atoms with Gasteiger partial charge >= 0.3 is 0 Å². The summed E-state index contributed by atoms with van der Waals surface area (Å²) in [4.78, 5) is 4.18. The third kappa shape index (κ3) is 5.71. The van der Waals surface area contributed by atoms with E-state index in [2.05, 4.69) is 107 Å². The molecule has 0 spiro atoms. The van der Waals surface area contributed by atoms with Crippen LogP contribution < -0.4 is 9.80 Å². The molecule has 0 amide bonds. The van der Waals surface area contributed by atoms with Crippen molar-refractivity contribution in [1.82, 2.24) is 0 Å². The minimum Gasteiger partial charge on any atom is -0.507 e. The normalized spacial score (nSPS) is 12.6. The molecular weight excluding hydrogens is 588 g/mol. The fraction of sp³-hybridized carbons (Fsp3) is 0.136. The maximum Gasteiger partial charge on any atom is 0.127 e. The number of hydrogen-bond acceptors (Lipinski definition) is 4. The van der Waals surface area contributed by atoms with E-state index < -0.39 is 0 Å². The molecule has 0 saturated heterocycles. The number of hydrogen-bond donors (Lipinski definition) is 2. The quantitative estimate of drug-likeness (QED) is 0.165. The number of phenolic OH excluding ortho intramolecular Hbond substituents is 2. The minimum atomic E-state index is -0.188. The summed E-state index contributed by atoms with van der Waals surface area (Å²) in [5, 5.41) is 27.0. The van der Waals surface area contributed by atoms with E-state index in [1.54, 1.807) is 0 Å². The van der Waals surface area contributed by atoms with Gasteiger partial charge in [0, 0.05) is 73.3 Å². The largest absolute Gasteiger partial charge is 0.507 e. The summed E-state index contributed by atoms with van der Waals surface area (Å²) in [6.07, 6.45) is 0. The van der Waals surface area contributed by atoms with Gasteiger partial charge in [-0.15, -0.1) is 0 Å². The molecule has 0 heterocycles. The second kappa shape index (κ2) is 12.8. The lowest BCUT2D eigenvalue weighted by atomic mass is 9.80. The molecule has 7 aromatic rings. The zero-order valence-electron chi connectivity index (χ0n) is 27.8. The number of anilines is 2. The Hall–Kier alpha value is -5.74. The van der Waals surface area contributed by atoms with Gasteiger partial charge in [-0.3, -0.25) is 0 Å². The van der Waals surface area contributed by atoms with Crippen molar-refractivity contribution in [3.05, 3.63) is 179 Å². The highest BCUT2D eigenvalue weighted by Crippen LogP contribution is 2.44. The van der Waals surface area contributed by atoms with Crippen molar-refractivity contribution in [2.24, 2.45) is 0 Å². The molecule has 2 N–H and O–H groups in total. The van der Waals surface area contributed by atoms with E-state index in [0.29, 0.717) is 11.5 Å². The van der Waals surface area contributed by atoms with Gasteiger partial charge in [-0.05, 0) is 57.3 Å². The molecular formula is C44H40N2O2. The fourth-order valence-electron chi connectivity index (χ4n) is 6.92. The van der Waals surface area contributed by atoms with Crippen LogP contribution in [0.25, 0.3) is 21.5 Å². The molecule has 0 aromatic heterocycles. The summed E-state index contributed by atoms with van der Waals surface area (Å²) < 4.78 is 0. The molecule has 238 valence electrons. The van der Waals surface area contributed by atoms with Gasteiger partial charge in [0.2, 0.25) is 0 Å². The number of rotatable bonds is 8. The lowest BCUT2D eigenvalue weighted by molar-refractivity contribution is 0.473. The van der Waals surface area contributed by atoms with E-state index in [4.69, 9.17) is 0 Å².